The monoisotopic (exact) mass is 275 g/mol. The highest BCUT2D eigenvalue weighted by atomic mass is 16.5. The molecule has 1 amide bonds. The van der Waals surface area contributed by atoms with Crippen LogP contribution in [0, 0.1) is 11.3 Å². The first-order valence-corrected chi connectivity index (χ1v) is 6.36. The zero-order valence-corrected chi connectivity index (χ0v) is 11.3. The van der Waals surface area contributed by atoms with Crippen LogP contribution < -0.4 is 15.4 Å². The minimum atomic E-state index is -0.241. The highest BCUT2D eigenvalue weighted by molar-refractivity contribution is 5.91. The van der Waals surface area contributed by atoms with Crippen LogP contribution in [0.3, 0.4) is 0 Å². The topological polar surface area (TPSA) is 83.4 Å². The Kier molecular flexibility index (Phi) is 4.56. The van der Waals surface area contributed by atoms with Crippen molar-refractivity contribution in [1.29, 1.82) is 5.26 Å². The number of nitrogens with zero attached hydrogens (tertiary/aromatic N) is 1. The van der Waals surface area contributed by atoms with E-state index in [1.54, 1.807) is 24.3 Å². The predicted molar refractivity (Wildman–Crippen MR) is 73.4 cm³/mol. The SMILES string of the molecule is CC1(OCC(=O)Nc2cccc(OCC#N)c2)CNC1. The second-order valence-electron chi connectivity index (χ2n) is 4.86. The summed E-state index contributed by atoms with van der Waals surface area (Å²) < 4.78 is 10.7. The second kappa shape index (κ2) is 6.37. The standard InChI is InChI=1S/C14H17N3O3/c1-14(9-16-10-14)20-8-13(18)17-11-3-2-4-12(7-11)19-6-5-15/h2-4,7,16H,6,8-10H2,1H3,(H,17,18). The molecule has 1 saturated heterocycles. The van der Waals surface area contributed by atoms with Crippen LogP contribution in [-0.2, 0) is 9.53 Å². The lowest BCUT2D eigenvalue weighted by Crippen LogP contribution is -2.59. The summed E-state index contributed by atoms with van der Waals surface area (Å²) in [6.45, 7) is 3.48. The third-order valence-corrected chi connectivity index (χ3v) is 2.97. The molecule has 20 heavy (non-hydrogen) atoms. The van der Waals surface area contributed by atoms with Gasteiger partial charge in [-0.05, 0) is 19.1 Å². The molecular formula is C14H17N3O3. The van der Waals surface area contributed by atoms with Crippen LogP contribution >= 0.6 is 0 Å². The molecule has 1 aliphatic heterocycles. The normalized spacial score (nSPS) is 15.8. The molecule has 1 heterocycles. The molecule has 106 valence electrons. The van der Waals surface area contributed by atoms with Crippen LogP contribution in [0.1, 0.15) is 6.92 Å². The fraction of sp³-hybridized carbons (Fsp3) is 0.429. The van der Waals surface area contributed by atoms with Crippen molar-refractivity contribution in [1.82, 2.24) is 5.32 Å². The molecule has 1 aromatic rings. The molecule has 1 aromatic carbocycles. The average molecular weight is 275 g/mol. The summed E-state index contributed by atoms with van der Waals surface area (Å²) >= 11 is 0. The lowest BCUT2D eigenvalue weighted by Gasteiger charge is -2.38. The van der Waals surface area contributed by atoms with Gasteiger partial charge in [0.15, 0.2) is 6.61 Å². The van der Waals surface area contributed by atoms with Gasteiger partial charge in [-0.2, -0.15) is 5.26 Å². The van der Waals surface area contributed by atoms with Crippen molar-refractivity contribution in [2.75, 3.05) is 31.6 Å². The van der Waals surface area contributed by atoms with E-state index in [0.717, 1.165) is 13.1 Å². The Morgan fingerprint density at radius 1 is 1.55 bits per heavy atom. The van der Waals surface area contributed by atoms with Crippen molar-refractivity contribution in [3.63, 3.8) is 0 Å². The lowest BCUT2D eigenvalue weighted by molar-refractivity contribution is -0.130. The molecule has 2 rings (SSSR count). The van der Waals surface area contributed by atoms with Crippen molar-refractivity contribution in [3.8, 4) is 11.8 Å². The lowest BCUT2D eigenvalue weighted by atomic mass is 10.0. The van der Waals surface area contributed by atoms with Gasteiger partial charge in [0.25, 0.3) is 0 Å². The first-order valence-electron chi connectivity index (χ1n) is 6.36. The van der Waals surface area contributed by atoms with Gasteiger partial charge < -0.3 is 20.1 Å². The summed E-state index contributed by atoms with van der Waals surface area (Å²) in [7, 11) is 0. The number of benzene rings is 1. The summed E-state index contributed by atoms with van der Waals surface area (Å²) in [5.41, 5.74) is 0.376. The van der Waals surface area contributed by atoms with E-state index < -0.39 is 0 Å². The van der Waals surface area contributed by atoms with E-state index in [4.69, 9.17) is 14.7 Å². The van der Waals surface area contributed by atoms with E-state index in [-0.39, 0.29) is 24.7 Å². The van der Waals surface area contributed by atoms with Gasteiger partial charge in [-0.15, -0.1) is 0 Å². The third-order valence-electron chi connectivity index (χ3n) is 2.97. The summed E-state index contributed by atoms with van der Waals surface area (Å²) in [5.74, 6) is 0.330. The van der Waals surface area contributed by atoms with E-state index in [0.29, 0.717) is 11.4 Å². The maximum Gasteiger partial charge on any atom is 0.250 e. The fourth-order valence-electron chi connectivity index (χ4n) is 1.80. The molecule has 0 aromatic heterocycles. The van der Waals surface area contributed by atoms with Crippen molar-refractivity contribution >= 4 is 11.6 Å². The second-order valence-corrected chi connectivity index (χ2v) is 4.86. The van der Waals surface area contributed by atoms with Crippen LogP contribution in [0.2, 0.25) is 0 Å². The van der Waals surface area contributed by atoms with Crippen molar-refractivity contribution in [2.24, 2.45) is 0 Å². The van der Waals surface area contributed by atoms with E-state index in [2.05, 4.69) is 10.6 Å². The fourth-order valence-corrected chi connectivity index (χ4v) is 1.80. The summed E-state index contributed by atoms with van der Waals surface area (Å²) in [6, 6.07) is 8.79. The molecule has 0 bridgehead atoms. The van der Waals surface area contributed by atoms with Gasteiger partial charge in [0.2, 0.25) is 5.91 Å². The van der Waals surface area contributed by atoms with Crippen LogP contribution in [-0.4, -0.2) is 37.8 Å². The van der Waals surface area contributed by atoms with Gasteiger partial charge in [-0.25, -0.2) is 0 Å². The molecule has 0 saturated carbocycles. The smallest absolute Gasteiger partial charge is 0.250 e. The Labute approximate surface area is 117 Å². The van der Waals surface area contributed by atoms with E-state index in [1.807, 2.05) is 13.0 Å². The van der Waals surface area contributed by atoms with Gasteiger partial charge in [0.05, 0.1) is 5.60 Å². The highest BCUT2D eigenvalue weighted by Crippen LogP contribution is 2.18. The Bertz CT molecular complexity index is 521. The van der Waals surface area contributed by atoms with Gasteiger partial charge in [-0.3, -0.25) is 4.79 Å². The largest absolute Gasteiger partial charge is 0.479 e. The van der Waals surface area contributed by atoms with Crippen molar-refractivity contribution in [2.45, 2.75) is 12.5 Å². The Hall–Kier alpha value is -2.10. The number of nitriles is 1. The maximum absolute atomic E-state index is 11.8. The van der Waals surface area contributed by atoms with Gasteiger partial charge in [-0.1, -0.05) is 6.07 Å². The number of nitrogens with one attached hydrogen (secondary N) is 2. The number of rotatable bonds is 6. The number of hydrogen-bond donors (Lipinski definition) is 2. The molecule has 1 aliphatic rings. The molecule has 0 unspecified atom stereocenters. The van der Waals surface area contributed by atoms with Crippen LogP contribution in [0.5, 0.6) is 5.75 Å². The minimum absolute atomic E-state index is 0.0153. The highest BCUT2D eigenvalue weighted by Gasteiger charge is 2.32. The molecule has 6 heteroatoms. The summed E-state index contributed by atoms with van der Waals surface area (Å²) in [5, 5.41) is 14.3. The average Bonchev–Trinajstić information content (AvgIpc) is 2.41. The maximum atomic E-state index is 11.8. The number of hydrogen-bond acceptors (Lipinski definition) is 5. The zero-order valence-electron chi connectivity index (χ0n) is 11.3. The number of carbonyl (C=O) groups is 1. The first-order chi connectivity index (χ1) is 9.61. The molecule has 0 radical (unpaired) electrons. The van der Waals surface area contributed by atoms with Crippen molar-refractivity contribution in [3.05, 3.63) is 24.3 Å². The molecule has 0 aliphatic carbocycles. The Balaban J connectivity index is 1.82. The molecule has 1 fully saturated rings. The molecule has 2 N–H and O–H groups in total. The number of ether oxygens (including phenoxy) is 2. The third kappa shape index (κ3) is 3.95. The van der Waals surface area contributed by atoms with Gasteiger partial charge >= 0.3 is 0 Å². The predicted octanol–water partition coefficient (Wildman–Crippen LogP) is 0.906. The van der Waals surface area contributed by atoms with E-state index in [1.165, 1.54) is 0 Å². The minimum Gasteiger partial charge on any atom is -0.479 e. The zero-order chi connectivity index (χ0) is 14.4. The van der Waals surface area contributed by atoms with Crippen LogP contribution in [0.4, 0.5) is 5.69 Å². The summed E-state index contributed by atoms with van der Waals surface area (Å²) in [4.78, 5) is 11.8. The van der Waals surface area contributed by atoms with Gasteiger partial charge in [0, 0.05) is 24.8 Å². The van der Waals surface area contributed by atoms with Crippen molar-refractivity contribution < 1.29 is 14.3 Å². The van der Waals surface area contributed by atoms with E-state index in [9.17, 15) is 4.79 Å². The Morgan fingerprint density at radius 3 is 3.00 bits per heavy atom. The number of carbonyl (C=O) groups excluding carboxylic acids is 1. The molecule has 6 nitrogen and oxygen atoms in total. The molecule has 0 atom stereocenters. The van der Waals surface area contributed by atoms with E-state index >= 15 is 0 Å². The first kappa shape index (κ1) is 14.3. The van der Waals surface area contributed by atoms with Crippen LogP contribution in [0.25, 0.3) is 0 Å². The number of amides is 1. The molecular weight excluding hydrogens is 258 g/mol. The molecule has 0 spiro atoms. The quantitative estimate of drug-likeness (QED) is 0.806. The van der Waals surface area contributed by atoms with Crippen LogP contribution in [0.15, 0.2) is 24.3 Å². The Morgan fingerprint density at radius 2 is 2.35 bits per heavy atom. The summed E-state index contributed by atoms with van der Waals surface area (Å²) in [6.07, 6.45) is 0. The number of anilines is 1. The van der Waals surface area contributed by atoms with Gasteiger partial charge in [0.1, 0.15) is 18.4 Å².